The van der Waals surface area contributed by atoms with Gasteiger partial charge >= 0.3 is 0 Å². The van der Waals surface area contributed by atoms with Gasteiger partial charge in [-0.15, -0.1) is 0 Å². The minimum absolute atomic E-state index is 0.171. The monoisotopic (exact) mass is 372 g/mol. The van der Waals surface area contributed by atoms with E-state index < -0.39 is 5.25 Å². The molecular formula is C22H16N2O2S. The number of carbonyl (C=O) groups excluding carboxylic acids is 2. The van der Waals surface area contributed by atoms with Crippen molar-refractivity contribution in [3.05, 3.63) is 77.9 Å². The van der Waals surface area contributed by atoms with E-state index in [9.17, 15) is 9.59 Å². The number of rotatable bonds is 2. The molecule has 5 rings (SSSR count). The van der Waals surface area contributed by atoms with Gasteiger partial charge < -0.3 is 4.57 Å². The maximum absolute atomic E-state index is 13.0. The summed E-state index contributed by atoms with van der Waals surface area (Å²) < 4.78 is 2.10. The Morgan fingerprint density at radius 3 is 2.30 bits per heavy atom. The molecule has 4 nitrogen and oxygen atoms in total. The summed E-state index contributed by atoms with van der Waals surface area (Å²) in [6.07, 6.45) is 1.88. The van der Waals surface area contributed by atoms with Gasteiger partial charge in [0.1, 0.15) is 5.25 Å². The highest BCUT2D eigenvalue weighted by Crippen LogP contribution is 2.45. The number of benzene rings is 2. The maximum Gasteiger partial charge on any atom is 0.262 e. The lowest BCUT2D eigenvalue weighted by molar-refractivity contribution is -0.120. The van der Waals surface area contributed by atoms with Gasteiger partial charge in [-0.2, -0.15) is 0 Å². The molecule has 27 heavy (non-hydrogen) atoms. The summed E-state index contributed by atoms with van der Waals surface area (Å²) in [6, 6.07) is 21.3. The summed E-state index contributed by atoms with van der Waals surface area (Å²) >= 11 is 1.46. The molecule has 0 radical (unpaired) electrons. The quantitative estimate of drug-likeness (QED) is 0.636. The Morgan fingerprint density at radius 1 is 0.926 bits per heavy atom. The molecule has 2 amide bonds. The van der Waals surface area contributed by atoms with E-state index in [-0.39, 0.29) is 11.8 Å². The Morgan fingerprint density at radius 2 is 1.59 bits per heavy atom. The molecular weight excluding hydrogens is 356 g/mol. The molecule has 0 aliphatic carbocycles. The molecule has 1 aromatic heterocycles. The second kappa shape index (κ2) is 5.99. The zero-order valence-electron chi connectivity index (χ0n) is 14.6. The van der Waals surface area contributed by atoms with Crippen LogP contribution in [-0.2, 0) is 16.6 Å². The fraction of sp³-hybridized carbons (Fsp3) is 0.0909. The van der Waals surface area contributed by atoms with Gasteiger partial charge in [0.25, 0.3) is 11.8 Å². The van der Waals surface area contributed by atoms with Crippen LogP contribution >= 0.6 is 11.8 Å². The van der Waals surface area contributed by atoms with Gasteiger partial charge in [0.05, 0.1) is 10.7 Å². The summed E-state index contributed by atoms with van der Waals surface area (Å²) in [6.45, 7) is 0. The molecule has 1 unspecified atom stereocenters. The van der Waals surface area contributed by atoms with E-state index in [1.54, 1.807) is 12.1 Å². The highest BCUT2D eigenvalue weighted by atomic mass is 32.2. The Labute approximate surface area is 161 Å². The van der Waals surface area contributed by atoms with Crippen LogP contribution in [0.2, 0.25) is 0 Å². The Kier molecular flexibility index (Phi) is 3.58. The topological polar surface area (TPSA) is 42.3 Å². The van der Waals surface area contributed by atoms with Crippen molar-refractivity contribution >= 4 is 35.3 Å². The summed E-state index contributed by atoms with van der Waals surface area (Å²) in [4.78, 5) is 27.2. The molecule has 132 valence electrons. The van der Waals surface area contributed by atoms with Crippen LogP contribution in [0.4, 0.5) is 5.69 Å². The van der Waals surface area contributed by atoms with Gasteiger partial charge in [-0.3, -0.25) is 9.59 Å². The van der Waals surface area contributed by atoms with Crippen molar-refractivity contribution in [3.8, 4) is 11.3 Å². The SMILES string of the molecule is Cn1c(-c2ccccc2)cc2c1SC1C(=O)N(c3ccccc3)C(=O)C1=C2. The predicted molar refractivity (Wildman–Crippen MR) is 107 cm³/mol. The summed E-state index contributed by atoms with van der Waals surface area (Å²) in [5, 5.41) is 0.529. The molecule has 1 atom stereocenters. The Bertz CT molecular complexity index is 1100. The van der Waals surface area contributed by atoms with E-state index in [0.29, 0.717) is 11.3 Å². The molecule has 1 fully saturated rings. The molecule has 5 heteroatoms. The summed E-state index contributed by atoms with van der Waals surface area (Å²) in [7, 11) is 2.00. The fourth-order valence-corrected chi connectivity index (χ4v) is 4.92. The number of thioether (sulfide) groups is 1. The van der Waals surface area contributed by atoms with E-state index in [1.165, 1.54) is 16.7 Å². The molecule has 2 aliphatic rings. The first-order valence-corrected chi connectivity index (χ1v) is 9.60. The van der Waals surface area contributed by atoms with Crippen LogP contribution in [0.5, 0.6) is 0 Å². The van der Waals surface area contributed by atoms with Crippen molar-refractivity contribution < 1.29 is 9.59 Å². The summed E-state index contributed by atoms with van der Waals surface area (Å²) in [5.74, 6) is -0.393. The predicted octanol–water partition coefficient (Wildman–Crippen LogP) is 4.12. The van der Waals surface area contributed by atoms with Gasteiger partial charge in [0.2, 0.25) is 0 Å². The van der Waals surface area contributed by atoms with Gasteiger partial charge in [0, 0.05) is 23.9 Å². The number of hydrogen-bond donors (Lipinski definition) is 0. The number of para-hydroxylation sites is 1. The number of carbonyl (C=O) groups is 2. The van der Waals surface area contributed by atoms with Crippen molar-refractivity contribution in [2.24, 2.45) is 7.05 Å². The average molecular weight is 372 g/mol. The standard InChI is InChI=1S/C22H16N2O2S/c1-23-18(14-8-4-2-5-9-14)13-15-12-17-19(27-22(15)23)21(26)24(20(17)25)16-10-6-3-7-11-16/h2-13,19H,1H3. The highest BCUT2D eigenvalue weighted by Gasteiger charge is 2.47. The number of amides is 2. The van der Waals surface area contributed by atoms with Crippen molar-refractivity contribution in [1.29, 1.82) is 0 Å². The number of anilines is 1. The minimum Gasteiger partial charge on any atom is -0.338 e. The second-order valence-corrected chi connectivity index (χ2v) is 7.72. The van der Waals surface area contributed by atoms with E-state index in [0.717, 1.165) is 21.8 Å². The average Bonchev–Trinajstić information content (AvgIpc) is 3.16. The zero-order chi connectivity index (χ0) is 18.5. The van der Waals surface area contributed by atoms with Gasteiger partial charge in [-0.1, -0.05) is 60.3 Å². The second-order valence-electron chi connectivity index (χ2n) is 6.63. The number of fused-ring (bicyclic) bond motifs is 2. The summed E-state index contributed by atoms with van der Waals surface area (Å²) in [5.41, 5.74) is 4.36. The maximum atomic E-state index is 13.0. The Balaban J connectivity index is 1.58. The van der Waals surface area contributed by atoms with Crippen molar-refractivity contribution in [1.82, 2.24) is 4.57 Å². The van der Waals surface area contributed by atoms with Gasteiger partial charge in [-0.05, 0) is 29.8 Å². The molecule has 0 saturated carbocycles. The third kappa shape index (κ3) is 2.39. The van der Waals surface area contributed by atoms with Crippen LogP contribution in [-0.4, -0.2) is 21.6 Å². The Hall–Kier alpha value is -3.05. The van der Waals surface area contributed by atoms with Crippen molar-refractivity contribution in [3.63, 3.8) is 0 Å². The molecule has 2 aliphatic heterocycles. The first-order valence-electron chi connectivity index (χ1n) is 8.72. The lowest BCUT2D eigenvalue weighted by Crippen LogP contribution is -2.31. The molecule has 0 bridgehead atoms. The smallest absolute Gasteiger partial charge is 0.262 e. The number of imide groups is 1. The van der Waals surface area contributed by atoms with Gasteiger partial charge in [0.15, 0.2) is 0 Å². The fourth-order valence-electron chi connectivity index (χ4n) is 3.69. The third-order valence-electron chi connectivity index (χ3n) is 5.01. The van der Waals surface area contributed by atoms with Crippen LogP contribution in [0, 0.1) is 0 Å². The molecule has 3 heterocycles. The molecule has 0 spiro atoms. The van der Waals surface area contributed by atoms with Gasteiger partial charge in [-0.25, -0.2) is 4.90 Å². The van der Waals surface area contributed by atoms with E-state index in [2.05, 4.69) is 22.8 Å². The molecule has 2 aromatic carbocycles. The van der Waals surface area contributed by atoms with Crippen molar-refractivity contribution in [2.45, 2.75) is 10.3 Å². The number of hydrogen-bond acceptors (Lipinski definition) is 3. The zero-order valence-corrected chi connectivity index (χ0v) is 15.4. The molecule has 0 N–H and O–H groups in total. The molecule has 1 saturated heterocycles. The van der Waals surface area contributed by atoms with Crippen LogP contribution in [0.3, 0.4) is 0 Å². The minimum atomic E-state index is -0.484. The lowest BCUT2D eigenvalue weighted by atomic mass is 10.1. The number of nitrogens with zero attached hydrogens (tertiary/aromatic N) is 2. The number of aromatic nitrogens is 1. The van der Waals surface area contributed by atoms with Crippen molar-refractivity contribution in [2.75, 3.05) is 4.90 Å². The van der Waals surface area contributed by atoms with Crippen LogP contribution < -0.4 is 4.90 Å². The van der Waals surface area contributed by atoms with E-state index in [4.69, 9.17) is 0 Å². The van der Waals surface area contributed by atoms with Crippen LogP contribution in [0.1, 0.15) is 5.56 Å². The van der Waals surface area contributed by atoms with Crippen LogP contribution in [0.15, 0.2) is 77.3 Å². The van der Waals surface area contributed by atoms with Crippen LogP contribution in [0.25, 0.3) is 17.3 Å². The largest absolute Gasteiger partial charge is 0.338 e. The first-order chi connectivity index (χ1) is 13.1. The van der Waals surface area contributed by atoms with E-state index in [1.807, 2.05) is 49.5 Å². The van der Waals surface area contributed by atoms with E-state index >= 15 is 0 Å². The lowest BCUT2D eigenvalue weighted by Gasteiger charge is -2.16. The third-order valence-corrected chi connectivity index (χ3v) is 6.43. The normalized spacial score (nSPS) is 18.3. The first kappa shape index (κ1) is 16.1. The highest BCUT2D eigenvalue weighted by molar-refractivity contribution is 8.01. The molecule has 3 aromatic rings.